The fourth-order valence-electron chi connectivity index (χ4n) is 3.17. The molecular formula is C22H22N6. The van der Waals surface area contributed by atoms with E-state index in [0.29, 0.717) is 0 Å². The molecule has 0 bridgehead atoms. The molecule has 0 saturated heterocycles. The van der Waals surface area contributed by atoms with Crippen LogP contribution >= 0.6 is 0 Å². The smallest absolute Gasteiger partial charge is 0.156 e. The van der Waals surface area contributed by atoms with Crippen molar-refractivity contribution in [2.24, 2.45) is 0 Å². The third-order valence-corrected chi connectivity index (χ3v) is 4.48. The topological polar surface area (TPSA) is 75.6 Å². The molecule has 0 atom stereocenters. The first-order valence-corrected chi connectivity index (χ1v) is 9.34. The standard InChI is InChI=1S/C22H22N6/c1-16-14-17(9-11-23-16)15-20-18-6-2-3-7-19(18)22(28-27-20)26-13-12-25-21-8-4-5-10-24-21/h2-11,14H,12-13,15H2,1H3,(H,24,25)(H,26,28). The number of rotatable bonds is 7. The molecule has 140 valence electrons. The average molecular weight is 370 g/mol. The zero-order valence-corrected chi connectivity index (χ0v) is 15.8. The Morgan fingerprint density at radius 2 is 1.61 bits per heavy atom. The van der Waals surface area contributed by atoms with Crippen LogP contribution < -0.4 is 10.6 Å². The van der Waals surface area contributed by atoms with Gasteiger partial charge in [-0.1, -0.05) is 30.3 Å². The van der Waals surface area contributed by atoms with E-state index in [1.54, 1.807) is 6.20 Å². The van der Waals surface area contributed by atoms with E-state index in [4.69, 9.17) is 0 Å². The molecule has 4 aromatic rings. The van der Waals surface area contributed by atoms with Crippen LogP contribution in [0.4, 0.5) is 11.6 Å². The van der Waals surface area contributed by atoms with Gasteiger partial charge < -0.3 is 10.6 Å². The van der Waals surface area contributed by atoms with E-state index < -0.39 is 0 Å². The largest absolute Gasteiger partial charge is 0.368 e. The second-order valence-electron chi connectivity index (χ2n) is 6.59. The van der Waals surface area contributed by atoms with Crippen LogP contribution in [0.15, 0.2) is 67.0 Å². The number of anilines is 2. The van der Waals surface area contributed by atoms with E-state index in [2.05, 4.69) is 49.0 Å². The normalized spacial score (nSPS) is 10.8. The van der Waals surface area contributed by atoms with Gasteiger partial charge in [0.15, 0.2) is 5.82 Å². The number of benzene rings is 1. The van der Waals surface area contributed by atoms with E-state index in [1.807, 2.05) is 49.5 Å². The molecule has 1 aromatic carbocycles. The number of nitrogens with one attached hydrogen (secondary N) is 2. The summed E-state index contributed by atoms with van der Waals surface area (Å²) in [7, 11) is 0. The van der Waals surface area contributed by atoms with Crippen molar-refractivity contribution in [1.29, 1.82) is 0 Å². The molecule has 0 saturated carbocycles. The number of pyridine rings is 2. The van der Waals surface area contributed by atoms with Crippen LogP contribution in [0.1, 0.15) is 17.0 Å². The minimum Gasteiger partial charge on any atom is -0.368 e. The molecule has 0 amide bonds. The van der Waals surface area contributed by atoms with Gasteiger partial charge in [0.1, 0.15) is 5.82 Å². The van der Waals surface area contributed by atoms with Gasteiger partial charge in [0.05, 0.1) is 5.69 Å². The first-order chi connectivity index (χ1) is 13.8. The minimum absolute atomic E-state index is 0.720. The van der Waals surface area contributed by atoms with Gasteiger partial charge in [0.2, 0.25) is 0 Å². The fourth-order valence-corrected chi connectivity index (χ4v) is 3.17. The summed E-state index contributed by atoms with van der Waals surface area (Å²) >= 11 is 0. The Hall–Kier alpha value is -3.54. The van der Waals surface area contributed by atoms with E-state index in [0.717, 1.165) is 53.3 Å². The predicted octanol–water partition coefficient (Wildman–Crippen LogP) is 3.84. The number of hydrogen-bond donors (Lipinski definition) is 2. The quantitative estimate of drug-likeness (QED) is 0.481. The maximum atomic E-state index is 4.50. The summed E-state index contributed by atoms with van der Waals surface area (Å²) in [5, 5.41) is 17.8. The van der Waals surface area contributed by atoms with Crippen LogP contribution in [0.5, 0.6) is 0 Å². The van der Waals surface area contributed by atoms with Crippen molar-refractivity contribution in [3.8, 4) is 0 Å². The lowest BCUT2D eigenvalue weighted by atomic mass is 10.0. The Bertz CT molecular complexity index is 1060. The van der Waals surface area contributed by atoms with Gasteiger partial charge in [-0.2, -0.15) is 5.10 Å². The molecule has 0 aliphatic carbocycles. The molecule has 6 nitrogen and oxygen atoms in total. The lowest BCUT2D eigenvalue weighted by molar-refractivity contribution is 0.942. The molecular weight excluding hydrogens is 348 g/mol. The summed E-state index contributed by atoms with van der Waals surface area (Å²) in [6.45, 7) is 3.46. The monoisotopic (exact) mass is 370 g/mol. The minimum atomic E-state index is 0.720. The summed E-state index contributed by atoms with van der Waals surface area (Å²) in [5.74, 6) is 1.66. The molecule has 0 radical (unpaired) electrons. The van der Waals surface area contributed by atoms with Gasteiger partial charge in [-0.3, -0.25) is 4.98 Å². The van der Waals surface area contributed by atoms with Crippen molar-refractivity contribution in [3.05, 3.63) is 83.9 Å². The van der Waals surface area contributed by atoms with Crippen LogP contribution in [-0.4, -0.2) is 33.3 Å². The average Bonchev–Trinajstić information content (AvgIpc) is 2.73. The van der Waals surface area contributed by atoms with Gasteiger partial charge in [-0.25, -0.2) is 4.98 Å². The number of aryl methyl sites for hydroxylation is 1. The second-order valence-corrected chi connectivity index (χ2v) is 6.59. The van der Waals surface area contributed by atoms with Crippen molar-refractivity contribution in [3.63, 3.8) is 0 Å². The molecule has 0 unspecified atom stereocenters. The summed E-state index contributed by atoms with van der Waals surface area (Å²) in [4.78, 5) is 8.52. The highest BCUT2D eigenvalue weighted by Gasteiger charge is 2.09. The number of hydrogen-bond acceptors (Lipinski definition) is 6. The highest BCUT2D eigenvalue weighted by molar-refractivity contribution is 5.93. The summed E-state index contributed by atoms with van der Waals surface area (Å²) in [6.07, 6.45) is 4.35. The fraction of sp³-hybridized carbons (Fsp3) is 0.182. The summed E-state index contributed by atoms with van der Waals surface area (Å²) in [5.41, 5.74) is 3.17. The predicted molar refractivity (Wildman–Crippen MR) is 113 cm³/mol. The van der Waals surface area contributed by atoms with Crippen molar-refractivity contribution < 1.29 is 0 Å². The lowest BCUT2D eigenvalue weighted by Crippen LogP contribution is -2.15. The van der Waals surface area contributed by atoms with Crippen molar-refractivity contribution in [1.82, 2.24) is 20.2 Å². The Kier molecular flexibility index (Phi) is 5.38. The first kappa shape index (κ1) is 17.9. The van der Waals surface area contributed by atoms with Gasteiger partial charge >= 0.3 is 0 Å². The highest BCUT2D eigenvalue weighted by atomic mass is 15.2. The molecule has 0 spiro atoms. The molecule has 0 fully saturated rings. The Morgan fingerprint density at radius 3 is 2.43 bits per heavy atom. The molecule has 0 aliphatic heterocycles. The zero-order chi connectivity index (χ0) is 19.2. The third-order valence-electron chi connectivity index (χ3n) is 4.48. The van der Waals surface area contributed by atoms with Crippen LogP contribution in [0.25, 0.3) is 10.8 Å². The Labute approximate surface area is 164 Å². The van der Waals surface area contributed by atoms with Gasteiger partial charge in [-0.15, -0.1) is 5.10 Å². The molecule has 4 rings (SSSR count). The molecule has 3 heterocycles. The molecule has 28 heavy (non-hydrogen) atoms. The molecule has 3 aromatic heterocycles. The van der Waals surface area contributed by atoms with E-state index in [-0.39, 0.29) is 0 Å². The van der Waals surface area contributed by atoms with Crippen molar-refractivity contribution >= 4 is 22.4 Å². The van der Waals surface area contributed by atoms with Crippen LogP contribution in [0, 0.1) is 6.92 Å². The number of fused-ring (bicyclic) bond motifs is 1. The highest BCUT2D eigenvalue weighted by Crippen LogP contribution is 2.24. The van der Waals surface area contributed by atoms with Crippen molar-refractivity contribution in [2.75, 3.05) is 23.7 Å². The first-order valence-electron chi connectivity index (χ1n) is 9.34. The number of aromatic nitrogens is 4. The van der Waals surface area contributed by atoms with Gasteiger partial charge in [-0.05, 0) is 36.8 Å². The second kappa shape index (κ2) is 8.43. The number of nitrogens with zero attached hydrogens (tertiary/aromatic N) is 4. The van der Waals surface area contributed by atoms with E-state index in [9.17, 15) is 0 Å². The summed E-state index contributed by atoms with van der Waals surface area (Å²) < 4.78 is 0. The maximum Gasteiger partial charge on any atom is 0.156 e. The SMILES string of the molecule is Cc1cc(Cc2nnc(NCCNc3ccccn3)c3ccccc23)ccn1. The van der Waals surface area contributed by atoms with Crippen LogP contribution in [0.2, 0.25) is 0 Å². The van der Waals surface area contributed by atoms with Crippen molar-refractivity contribution in [2.45, 2.75) is 13.3 Å². The third kappa shape index (κ3) is 4.23. The van der Waals surface area contributed by atoms with Crippen LogP contribution in [-0.2, 0) is 6.42 Å². The lowest BCUT2D eigenvalue weighted by Gasteiger charge is -2.12. The molecule has 0 aliphatic rings. The molecule has 2 N–H and O–H groups in total. The Balaban J connectivity index is 1.49. The van der Waals surface area contributed by atoms with E-state index >= 15 is 0 Å². The zero-order valence-electron chi connectivity index (χ0n) is 15.8. The van der Waals surface area contributed by atoms with Crippen LogP contribution in [0.3, 0.4) is 0 Å². The van der Waals surface area contributed by atoms with Gasteiger partial charge in [0.25, 0.3) is 0 Å². The Morgan fingerprint density at radius 1 is 0.786 bits per heavy atom. The molecule has 6 heteroatoms. The van der Waals surface area contributed by atoms with Gasteiger partial charge in [0, 0.05) is 48.4 Å². The summed E-state index contributed by atoms with van der Waals surface area (Å²) in [6, 6.07) is 18.2. The maximum absolute atomic E-state index is 4.50. The van der Waals surface area contributed by atoms with E-state index in [1.165, 1.54) is 5.56 Å².